The first-order chi connectivity index (χ1) is 6.79. The van der Waals surface area contributed by atoms with Crippen molar-refractivity contribution in [3.63, 3.8) is 0 Å². The van der Waals surface area contributed by atoms with Crippen molar-refractivity contribution in [3.05, 3.63) is 22.7 Å². The Bertz CT molecular complexity index is 330. The summed E-state index contributed by atoms with van der Waals surface area (Å²) in [6.07, 6.45) is 0.105. The summed E-state index contributed by atoms with van der Waals surface area (Å²) in [4.78, 5) is 0. The van der Waals surface area contributed by atoms with Crippen molar-refractivity contribution in [1.29, 1.82) is 0 Å². The van der Waals surface area contributed by atoms with Gasteiger partial charge in [-0.1, -0.05) is 15.9 Å². The fourth-order valence-corrected chi connectivity index (χ4v) is 1.83. The summed E-state index contributed by atoms with van der Waals surface area (Å²) in [7, 11) is 1.68. The number of anilines is 1. The molecule has 4 heteroatoms. The predicted octanol–water partition coefficient (Wildman–Crippen LogP) is 2.27. The lowest BCUT2D eigenvalue weighted by Crippen LogP contribution is -2.34. The molecule has 0 spiro atoms. The van der Waals surface area contributed by atoms with Crippen LogP contribution in [-0.2, 0) is 4.74 Å². The predicted molar refractivity (Wildman–Crippen MR) is 58.9 cm³/mol. The summed E-state index contributed by atoms with van der Waals surface area (Å²) in [5.41, 5.74) is 1.03. The highest BCUT2D eigenvalue weighted by Gasteiger charge is 2.18. The molecule has 1 aromatic rings. The largest absolute Gasteiger partial charge is 0.484 e. The highest BCUT2D eigenvalue weighted by Crippen LogP contribution is 2.31. The van der Waals surface area contributed by atoms with Crippen molar-refractivity contribution in [1.82, 2.24) is 0 Å². The second-order valence-corrected chi connectivity index (χ2v) is 4.13. The van der Waals surface area contributed by atoms with Crippen molar-refractivity contribution in [3.8, 4) is 5.75 Å². The number of ether oxygens (including phenoxy) is 2. The van der Waals surface area contributed by atoms with Gasteiger partial charge in [-0.2, -0.15) is 0 Å². The second kappa shape index (κ2) is 4.19. The van der Waals surface area contributed by atoms with E-state index < -0.39 is 0 Å². The third-order valence-corrected chi connectivity index (χ3v) is 2.60. The molecule has 1 aliphatic heterocycles. The third kappa shape index (κ3) is 2.01. The molecule has 1 aromatic carbocycles. The van der Waals surface area contributed by atoms with E-state index in [4.69, 9.17) is 9.47 Å². The molecule has 1 N–H and O–H groups in total. The Morgan fingerprint density at radius 2 is 2.50 bits per heavy atom. The lowest BCUT2D eigenvalue weighted by molar-refractivity contribution is 0.0848. The highest BCUT2D eigenvalue weighted by atomic mass is 79.9. The Hall–Kier alpha value is -0.740. The number of hydrogen-bond acceptors (Lipinski definition) is 3. The smallest absolute Gasteiger partial charge is 0.143 e. The molecule has 0 radical (unpaired) electrons. The van der Waals surface area contributed by atoms with E-state index in [1.807, 2.05) is 18.2 Å². The van der Waals surface area contributed by atoms with Crippen molar-refractivity contribution in [2.24, 2.45) is 0 Å². The van der Waals surface area contributed by atoms with Gasteiger partial charge in [0.1, 0.15) is 11.9 Å². The van der Waals surface area contributed by atoms with Gasteiger partial charge in [0, 0.05) is 11.6 Å². The van der Waals surface area contributed by atoms with E-state index in [1.54, 1.807) is 7.11 Å². The zero-order valence-electron chi connectivity index (χ0n) is 7.92. The molecule has 0 amide bonds. The van der Waals surface area contributed by atoms with Gasteiger partial charge in [0.25, 0.3) is 0 Å². The summed E-state index contributed by atoms with van der Waals surface area (Å²) in [5.74, 6) is 0.890. The molecule has 1 unspecified atom stereocenters. The zero-order chi connectivity index (χ0) is 9.97. The van der Waals surface area contributed by atoms with Gasteiger partial charge >= 0.3 is 0 Å². The van der Waals surface area contributed by atoms with Gasteiger partial charge in [0.15, 0.2) is 0 Å². The van der Waals surface area contributed by atoms with Crippen LogP contribution in [-0.4, -0.2) is 26.4 Å². The molecule has 1 heterocycles. The van der Waals surface area contributed by atoms with E-state index in [0.29, 0.717) is 6.61 Å². The summed E-state index contributed by atoms with van der Waals surface area (Å²) < 4.78 is 11.8. The van der Waals surface area contributed by atoms with Crippen molar-refractivity contribution in [2.75, 3.05) is 25.6 Å². The molecular weight excluding hydrogens is 246 g/mol. The van der Waals surface area contributed by atoms with Gasteiger partial charge in [-0.05, 0) is 18.2 Å². The maximum Gasteiger partial charge on any atom is 0.143 e. The van der Waals surface area contributed by atoms with Gasteiger partial charge in [0.05, 0.1) is 18.8 Å². The Labute approximate surface area is 91.5 Å². The molecule has 0 saturated carbocycles. The fraction of sp³-hybridized carbons (Fsp3) is 0.400. The summed E-state index contributed by atoms with van der Waals surface area (Å²) >= 11 is 3.42. The van der Waals surface area contributed by atoms with E-state index >= 15 is 0 Å². The minimum Gasteiger partial charge on any atom is -0.484 e. The number of nitrogens with one attached hydrogen (secondary N) is 1. The summed E-state index contributed by atoms with van der Waals surface area (Å²) in [6.45, 7) is 1.40. The Balaban J connectivity index is 2.15. The van der Waals surface area contributed by atoms with Crippen LogP contribution in [0, 0.1) is 0 Å². The zero-order valence-corrected chi connectivity index (χ0v) is 9.50. The highest BCUT2D eigenvalue weighted by molar-refractivity contribution is 9.10. The van der Waals surface area contributed by atoms with Gasteiger partial charge in [0.2, 0.25) is 0 Å². The second-order valence-electron chi connectivity index (χ2n) is 3.22. The first kappa shape index (κ1) is 9.80. The lowest BCUT2D eigenvalue weighted by atomic mass is 10.2. The molecule has 14 heavy (non-hydrogen) atoms. The maximum atomic E-state index is 5.72. The van der Waals surface area contributed by atoms with Crippen LogP contribution in [0.15, 0.2) is 22.7 Å². The molecule has 0 saturated heterocycles. The SMILES string of the molecule is COCC1CNc2cc(Br)ccc2O1. The standard InChI is InChI=1S/C10H12BrNO2/c1-13-6-8-5-12-9-4-7(11)2-3-10(9)14-8/h2-4,8,12H,5-6H2,1H3. The molecule has 3 nitrogen and oxygen atoms in total. The molecule has 1 atom stereocenters. The van der Waals surface area contributed by atoms with Gasteiger partial charge in [-0.15, -0.1) is 0 Å². The molecule has 1 aliphatic rings. The Morgan fingerprint density at radius 1 is 1.64 bits per heavy atom. The van der Waals surface area contributed by atoms with E-state index in [-0.39, 0.29) is 6.10 Å². The van der Waals surface area contributed by atoms with Crippen LogP contribution in [0.4, 0.5) is 5.69 Å². The molecule has 0 aliphatic carbocycles. The van der Waals surface area contributed by atoms with Crippen LogP contribution in [0.5, 0.6) is 5.75 Å². The van der Waals surface area contributed by atoms with E-state index in [9.17, 15) is 0 Å². The number of hydrogen-bond donors (Lipinski definition) is 1. The number of halogens is 1. The molecular formula is C10H12BrNO2. The minimum absolute atomic E-state index is 0.105. The number of rotatable bonds is 2. The lowest BCUT2D eigenvalue weighted by Gasteiger charge is -2.26. The molecule has 2 rings (SSSR count). The quantitative estimate of drug-likeness (QED) is 0.882. The molecule has 0 aromatic heterocycles. The van der Waals surface area contributed by atoms with Crippen LogP contribution < -0.4 is 10.1 Å². The van der Waals surface area contributed by atoms with Crippen LogP contribution in [0.25, 0.3) is 0 Å². The van der Waals surface area contributed by atoms with Gasteiger partial charge in [-0.3, -0.25) is 0 Å². The molecule has 76 valence electrons. The topological polar surface area (TPSA) is 30.5 Å². The number of methoxy groups -OCH3 is 1. The van der Waals surface area contributed by atoms with Crippen LogP contribution in [0.1, 0.15) is 0 Å². The van der Waals surface area contributed by atoms with E-state index in [2.05, 4.69) is 21.2 Å². The van der Waals surface area contributed by atoms with Crippen LogP contribution in [0.3, 0.4) is 0 Å². The van der Waals surface area contributed by atoms with Crippen molar-refractivity contribution < 1.29 is 9.47 Å². The van der Waals surface area contributed by atoms with Gasteiger partial charge in [-0.25, -0.2) is 0 Å². The minimum atomic E-state index is 0.105. The Morgan fingerprint density at radius 3 is 3.29 bits per heavy atom. The first-order valence-electron chi connectivity index (χ1n) is 4.48. The van der Waals surface area contributed by atoms with Crippen LogP contribution in [0.2, 0.25) is 0 Å². The summed E-state index contributed by atoms with van der Waals surface area (Å²) in [5, 5.41) is 3.30. The van der Waals surface area contributed by atoms with E-state index in [0.717, 1.165) is 22.5 Å². The first-order valence-corrected chi connectivity index (χ1v) is 5.28. The average molecular weight is 258 g/mol. The third-order valence-electron chi connectivity index (χ3n) is 2.11. The van der Waals surface area contributed by atoms with Crippen molar-refractivity contribution in [2.45, 2.75) is 6.10 Å². The van der Waals surface area contributed by atoms with Crippen molar-refractivity contribution >= 4 is 21.6 Å². The number of fused-ring (bicyclic) bond motifs is 1. The van der Waals surface area contributed by atoms with Gasteiger partial charge < -0.3 is 14.8 Å². The van der Waals surface area contributed by atoms with E-state index in [1.165, 1.54) is 0 Å². The molecule has 0 fully saturated rings. The van der Waals surface area contributed by atoms with Crippen LogP contribution >= 0.6 is 15.9 Å². The summed E-state index contributed by atoms with van der Waals surface area (Å²) in [6, 6.07) is 5.93. The fourth-order valence-electron chi connectivity index (χ4n) is 1.47. The monoisotopic (exact) mass is 257 g/mol. The Kier molecular flexibility index (Phi) is 2.93. The number of benzene rings is 1. The normalized spacial score (nSPS) is 19.4. The average Bonchev–Trinajstić information content (AvgIpc) is 2.19. The molecule has 0 bridgehead atoms. The maximum absolute atomic E-state index is 5.72.